The first-order chi connectivity index (χ1) is 10.3. The molecule has 2 aromatic rings. The average molecular weight is 345 g/mol. The van der Waals surface area contributed by atoms with E-state index in [-0.39, 0.29) is 18.1 Å². The molecule has 0 aliphatic carbocycles. The van der Waals surface area contributed by atoms with E-state index in [9.17, 15) is 15.2 Å². The molecule has 0 saturated heterocycles. The van der Waals surface area contributed by atoms with Gasteiger partial charge in [-0.05, 0) is 30.7 Å². The SMILES string of the molecule is Cc1nn(C)c(NCC(O)c2cc(Cl)cc(Cl)c2)c1[N+](=O)[O-]. The van der Waals surface area contributed by atoms with Crippen LogP contribution < -0.4 is 5.32 Å². The van der Waals surface area contributed by atoms with Crippen molar-refractivity contribution in [2.24, 2.45) is 7.05 Å². The number of anilines is 1. The maximum atomic E-state index is 11.1. The molecule has 0 saturated carbocycles. The van der Waals surface area contributed by atoms with Crippen molar-refractivity contribution in [1.82, 2.24) is 9.78 Å². The van der Waals surface area contributed by atoms with Gasteiger partial charge < -0.3 is 10.4 Å². The second kappa shape index (κ2) is 6.51. The van der Waals surface area contributed by atoms with Crippen LogP contribution in [0, 0.1) is 17.0 Å². The van der Waals surface area contributed by atoms with Crippen molar-refractivity contribution in [2.75, 3.05) is 11.9 Å². The highest BCUT2D eigenvalue weighted by Gasteiger charge is 2.24. The first-order valence-corrected chi connectivity index (χ1v) is 7.11. The maximum Gasteiger partial charge on any atom is 0.333 e. The van der Waals surface area contributed by atoms with Crippen LogP contribution in [0.25, 0.3) is 0 Å². The summed E-state index contributed by atoms with van der Waals surface area (Å²) < 4.78 is 1.37. The van der Waals surface area contributed by atoms with Crippen molar-refractivity contribution in [3.63, 3.8) is 0 Å². The lowest BCUT2D eigenvalue weighted by Crippen LogP contribution is -2.15. The molecule has 2 rings (SSSR count). The monoisotopic (exact) mass is 344 g/mol. The highest BCUT2D eigenvalue weighted by molar-refractivity contribution is 6.34. The molecule has 0 aliphatic rings. The van der Waals surface area contributed by atoms with Crippen LogP contribution >= 0.6 is 23.2 Å². The number of aromatic nitrogens is 2. The van der Waals surface area contributed by atoms with Gasteiger partial charge in [-0.3, -0.25) is 10.1 Å². The minimum Gasteiger partial charge on any atom is -0.387 e. The summed E-state index contributed by atoms with van der Waals surface area (Å²) >= 11 is 11.8. The predicted molar refractivity (Wildman–Crippen MR) is 84.5 cm³/mol. The number of nitrogens with zero attached hydrogens (tertiary/aromatic N) is 3. The molecule has 118 valence electrons. The van der Waals surface area contributed by atoms with Crippen molar-refractivity contribution in [1.29, 1.82) is 0 Å². The molecule has 2 N–H and O–H groups in total. The Morgan fingerprint density at radius 2 is 2.00 bits per heavy atom. The van der Waals surface area contributed by atoms with Gasteiger partial charge in [-0.2, -0.15) is 5.10 Å². The second-order valence-electron chi connectivity index (χ2n) is 4.76. The van der Waals surface area contributed by atoms with Gasteiger partial charge in [0, 0.05) is 23.6 Å². The molecule has 1 aromatic carbocycles. The van der Waals surface area contributed by atoms with Gasteiger partial charge >= 0.3 is 5.69 Å². The van der Waals surface area contributed by atoms with E-state index >= 15 is 0 Å². The number of aliphatic hydroxyl groups excluding tert-OH is 1. The molecule has 1 atom stereocenters. The largest absolute Gasteiger partial charge is 0.387 e. The van der Waals surface area contributed by atoms with E-state index in [0.717, 1.165) is 0 Å². The van der Waals surface area contributed by atoms with Crippen LogP contribution in [0.1, 0.15) is 17.4 Å². The van der Waals surface area contributed by atoms with Gasteiger partial charge in [0.15, 0.2) is 0 Å². The number of nitrogens with one attached hydrogen (secondary N) is 1. The Hall–Kier alpha value is -1.83. The first kappa shape index (κ1) is 16.5. The Labute approximate surface area is 136 Å². The maximum absolute atomic E-state index is 11.1. The number of nitro groups is 1. The molecule has 0 amide bonds. The number of hydrogen-bond acceptors (Lipinski definition) is 5. The fourth-order valence-corrected chi connectivity index (χ4v) is 2.69. The van der Waals surface area contributed by atoms with E-state index in [0.29, 0.717) is 21.3 Å². The average Bonchev–Trinajstić information content (AvgIpc) is 2.69. The van der Waals surface area contributed by atoms with Crippen LogP contribution in [0.15, 0.2) is 18.2 Å². The molecule has 7 nitrogen and oxygen atoms in total. The number of aryl methyl sites for hydroxylation is 2. The van der Waals surface area contributed by atoms with Gasteiger partial charge in [-0.15, -0.1) is 0 Å². The molecule has 22 heavy (non-hydrogen) atoms. The van der Waals surface area contributed by atoms with Gasteiger partial charge in [0.1, 0.15) is 5.69 Å². The van der Waals surface area contributed by atoms with Gasteiger partial charge in [0.05, 0.1) is 11.0 Å². The van der Waals surface area contributed by atoms with E-state index in [4.69, 9.17) is 23.2 Å². The smallest absolute Gasteiger partial charge is 0.333 e. The Morgan fingerprint density at radius 1 is 1.41 bits per heavy atom. The summed E-state index contributed by atoms with van der Waals surface area (Å²) in [4.78, 5) is 10.6. The normalized spacial score (nSPS) is 12.2. The van der Waals surface area contributed by atoms with Gasteiger partial charge in [-0.1, -0.05) is 23.2 Å². The van der Waals surface area contributed by atoms with Crippen LogP contribution in [0.4, 0.5) is 11.5 Å². The van der Waals surface area contributed by atoms with Crippen LogP contribution in [0.5, 0.6) is 0 Å². The number of aliphatic hydroxyl groups is 1. The molecule has 0 radical (unpaired) electrons. The number of halogens is 2. The third kappa shape index (κ3) is 3.49. The summed E-state index contributed by atoms with van der Waals surface area (Å²) in [5.41, 5.74) is 0.709. The molecule has 9 heteroatoms. The summed E-state index contributed by atoms with van der Waals surface area (Å²) in [5, 5.41) is 28.9. The molecule has 1 unspecified atom stereocenters. The standard InChI is InChI=1S/C13H14Cl2N4O3/c1-7-12(19(21)22)13(18(2)17-7)16-6-11(20)8-3-9(14)5-10(15)4-8/h3-5,11,16,20H,6H2,1-2H3. The van der Waals surface area contributed by atoms with Crippen LogP contribution in [-0.4, -0.2) is 26.4 Å². The molecule has 0 spiro atoms. The molecular formula is C13H14Cl2N4O3. The lowest BCUT2D eigenvalue weighted by Gasteiger charge is -2.13. The van der Waals surface area contributed by atoms with Crippen molar-refractivity contribution >= 4 is 34.7 Å². The molecule has 1 heterocycles. The summed E-state index contributed by atoms with van der Waals surface area (Å²) in [7, 11) is 1.59. The molecule has 0 fully saturated rings. The number of rotatable bonds is 5. The van der Waals surface area contributed by atoms with Crippen LogP contribution in [-0.2, 0) is 7.05 Å². The Bertz CT molecular complexity index is 697. The van der Waals surface area contributed by atoms with Crippen molar-refractivity contribution in [3.05, 3.63) is 49.6 Å². The molecule has 0 bridgehead atoms. The Balaban J connectivity index is 2.18. The molecule has 0 aliphatic heterocycles. The fraction of sp³-hybridized carbons (Fsp3) is 0.308. The fourth-order valence-electron chi connectivity index (χ4n) is 2.14. The summed E-state index contributed by atoms with van der Waals surface area (Å²) in [6, 6.07) is 4.73. The van der Waals surface area contributed by atoms with Gasteiger partial charge in [0.25, 0.3) is 0 Å². The quantitative estimate of drug-likeness (QED) is 0.642. The summed E-state index contributed by atoms with van der Waals surface area (Å²) in [6.45, 7) is 1.60. The summed E-state index contributed by atoms with van der Waals surface area (Å²) in [5.74, 6) is 0.231. The van der Waals surface area contributed by atoms with Crippen LogP contribution in [0.2, 0.25) is 10.0 Å². The zero-order valence-electron chi connectivity index (χ0n) is 11.9. The van der Waals surface area contributed by atoms with Gasteiger partial charge in [0.2, 0.25) is 5.82 Å². The van der Waals surface area contributed by atoms with E-state index in [1.54, 1.807) is 32.2 Å². The lowest BCUT2D eigenvalue weighted by atomic mass is 10.1. The van der Waals surface area contributed by atoms with E-state index in [1.807, 2.05) is 0 Å². The Morgan fingerprint density at radius 3 is 2.55 bits per heavy atom. The van der Waals surface area contributed by atoms with Crippen molar-refractivity contribution in [3.8, 4) is 0 Å². The van der Waals surface area contributed by atoms with Crippen molar-refractivity contribution < 1.29 is 10.0 Å². The topological polar surface area (TPSA) is 93.2 Å². The zero-order valence-corrected chi connectivity index (χ0v) is 13.4. The third-order valence-electron chi connectivity index (χ3n) is 3.11. The van der Waals surface area contributed by atoms with E-state index in [2.05, 4.69) is 10.4 Å². The third-order valence-corrected chi connectivity index (χ3v) is 3.54. The Kier molecular flexibility index (Phi) is 4.90. The predicted octanol–water partition coefficient (Wildman–Crippen LogP) is 3.09. The molecular weight excluding hydrogens is 331 g/mol. The first-order valence-electron chi connectivity index (χ1n) is 6.35. The highest BCUT2D eigenvalue weighted by atomic mass is 35.5. The summed E-state index contributed by atoms with van der Waals surface area (Å²) in [6.07, 6.45) is -0.925. The van der Waals surface area contributed by atoms with Crippen molar-refractivity contribution in [2.45, 2.75) is 13.0 Å². The number of hydrogen-bond donors (Lipinski definition) is 2. The van der Waals surface area contributed by atoms with E-state index < -0.39 is 11.0 Å². The minimum atomic E-state index is -0.925. The molecule has 1 aromatic heterocycles. The number of benzene rings is 1. The lowest BCUT2D eigenvalue weighted by molar-refractivity contribution is -0.384. The van der Waals surface area contributed by atoms with Gasteiger partial charge in [-0.25, -0.2) is 4.68 Å². The van der Waals surface area contributed by atoms with E-state index in [1.165, 1.54) is 4.68 Å². The second-order valence-corrected chi connectivity index (χ2v) is 5.64. The van der Waals surface area contributed by atoms with Crippen LogP contribution in [0.3, 0.4) is 0 Å². The highest BCUT2D eigenvalue weighted by Crippen LogP contribution is 2.29. The minimum absolute atomic E-state index is 0.0521. The zero-order chi connectivity index (χ0) is 16.4.